The van der Waals surface area contributed by atoms with Crippen molar-refractivity contribution in [1.82, 2.24) is 0 Å². The maximum Gasteiger partial charge on any atom is 0.123 e. The summed E-state index contributed by atoms with van der Waals surface area (Å²) in [5, 5.41) is 2.85. The highest BCUT2D eigenvalue weighted by Crippen LogP contribution is 2.41. The molecule has 0 spiro atoms. The molecule has 1 atom stereocenters. The molecule has 0 N–H and O–H groups in total. The van der Waals surface area contributed by atoms with Crippen LogP contribution in [-0.2, 0) is 6.42 Å². The van der Waals surface area contributed by atoms with Gasteiger partial charge in [-0.25, -0.2) is 0 Å². The molecule has 0 fully saturated rings. The van der Waals surface area contributed by atoms with Crippen molar-refractivity contribution in [1.29, 1.82) is 0 Å². The lowest BCUT2D eigenvalue weighted by atomic mass is 10.1. The molecule has 1 nitrogen and oxygen atoms in total. The lowest BCUT2D eigenvalue weighted by Gasteiger charge is -2.15. The zero-order valence-corrected chi connectivity index (χ0v) is 13.4. The van der Waals surface area contributed by atoms with Crippen LogP contribution >= 0.6 is 38.9 Å². The van der Waals surface area contributed by atoms with E-state index in [1.165, 1.54) is 10.4 Å². The number of hydrogen-bond donors (Lipinski definition) is 0. The number of aryl methyl sites for hydroxylation is 1. The predicted octanol–water partition coefficient (Wildman–Crippen LogP) is 5.46. The van der Waals surface area contributed by atoms with Crippen molar-refractivity contribution in [3.8, 4) is 5.75 Å². The standard InChI is InChI=1S/C14H14BrClOS/c1-3-9-6-7-18-14(9)13(15)11-8-10(16)4-5-12(11)17-2/h4-8,13H,3H2,1-2H3. The molecular weight excluding hydrogens is 332 g/mol. The van der Waals surface area contributed by atoms with Crippen LogP contribution in [0.1, 0.15) is 27.8 Å². The van der Waals surface area contributed by atoms with Gasteiger partial charge >= 0.3 is 0 Å². The van der Waals surface area contributed by atoms with Gasteiger partial charge in [0.25, 0.3) is 0 Å². The summed E-state index contributed by atoms with van der Waals surface area (Å²) >= 11 is 11.6. The molecule has 4 heteroatoms. The fourth-order valence-corrected chi connectivity index (χ4v) is 4.05. The van der Waals surface area contributed by atoms with Gasteiger partial charge in [-0.1, -0.05) is 34.5 Å². The topological polar surface area (TPSA) is 9.23 Å². The molecular formula is C14H14BrClOS. The molecule has 0 aliphatic rings. The number of benzene rings is 1. The van der Waals surface area contributed by atoms with Gasteiger partial charge in [-0.05, 0) is 41.6 Å². The van der Waals surface area contributed by atoms with E-state index in [0.717, 1.165) is 22.8 Å². The van der Waals surface area contributed by atoms with Gasteiger partial charge in [0, 0.05) is 15.5 Å². The van der Waals surface area contributed by atoms with Gasteiger partial charge in [-0.15, -0.1) is 11.3 Å². The number of halogens is 2. The van der Waals surface area contributed by atoms with E-state index in [9.17, 15) is 0 Å². The maximum atomic E-state index is 6.08. The van der Waals surface area contributed by atoms with Crippen LogP contribution in [-0.4, -0.2) is 7.11 Å². The van der Waals surface area contributed by atoms with Gasteiger partial charge < -0.3 is 4.74 Å². The monoisotopic (exact) mass is 344 g/mol. The molecule has 0 aliphatic carbocycles. The van der Waals surface area contributed by atoms with Crippen molar-refractivity contribution < 1.29 is 4.74 Å². The van der Waals surface area contributed by atoms with E-state index >= 15 is 0 Å². The summed E-state index contributed by atoms with van der Waals surface area (Å²) in [7, 11) is 1.68. The SMILES string of the molecule is CCc1ccsc1C(Br)c1cc(Cl)ccc1OC. The number of hydrogen-bond acceptors (Lipinski definition) is 2. The first-order valence-electron chi connectivity index (χ1n) is 5.71. The lowest BCUT2D eigenvalue weighted by Crippen LogP contribution is -1.97. The van der Waals surface area contributed by atoms with Crippen LogP contribution in [0.4, 0.5) is 0 Å². The second kappa shape index (κ2) is 6.09. The Hall–Kier alpha value is -0.510. The third-order valence-electron chi connectivity index (χ3n) is 2.86. The summed E-state index contributed by atoms with van der Waals surface area (Å²) in [6.45, 7) is 2.17. The molecule has 0 bridgehead atoms. The van der Waals surface area contributed by atoms with Crippen LogP contribution in [0.15, 0.2) is 29.6 Å². The highest BCUT2D eigenvalue weighted by Gasteiger charge is 2.19. The van der Waals surface area contributed by atoms with Crippen molar-refractivity contribution in [3.05, 3.63) is 50.7 Å². The van der Waals surface area contributed by atoms with Gasteiger partial charge in [0.1, 0.15) is 5.75 Å². The van der Waals surface area contributed by atoms with E-state index in [-0.39, 0.29) is 4.83 Å². The van der Waals surface area contributed by atoms with E-state index in [1.54, 1.807) is 18.4 Å². The number of rotatable bonds is 4. The van der Waals surface area contributed by atoms with Crippen molar-refractivity contribution in [2.75, 3.05) is 7.11 Å². The Kier molecular flexibility index (Phi) is 4.71. The number of thiophene rings is 1. The summed E-state index contributed by atoms with van der Waals surface area (Å²) in [5.41, 5.74) is 2.44. The Balaban J connectivity index is 2.45. The van der Waals surface area contributed by atoms with Gasteiger partial charge in [0.05, 0.1) is 11.9 Å². The van der Waals surface area contributed by atoms with E-state index in [0.29, 0.717) is 0 Å². The van der Waals surface area contributed by atoms with Gasteiger partial charge in [0.15, 0.2) is 0 Å². The van der Waals surface area contributed by atoms with Crippen LogP contribution in [0.25, 0.3) is 0 Å². The quantitative estimate of drug-likeness (QED) is 0.669. The second-order valence-electron chi connectivity index (χ2n) is 3.91. The largest absolute Gasteiger partial charge is 0.496 e. The second-order valence-corrected chi connectivity index (χ2v) is 6.21. The minimum absolute atomic E-state index is 0.126. The van der Waals surface area contributed by atoms with Crippen LogP contribution in [0.2, 0.25) is 5.02 Å². The van der Waals surface area contributed by atoms with Crippen molar-refractivity contribution in [2.24, 2.45) is 0 Å². The molecule has 2 aromatic rings. The predicted molar refractivity (Wildman–Crippen MR) is 82.5 cm³/mol. The minimum Gasteiger partial charge on any atom is -0.496 e. The Morgan fingerprint density at radius 1 is 1.39 bits per heavy atom. The number of ether oxygens (including phenoxy) is 1. The van der Waals surface area contributed by atoms with Crippen LogP contribution in [0, 0.1) is 0 Å². The molecule has 1 aromatic carbocycles. The number of methoxy groups -OCH3 is 1. The molecule has 0 saturated heterocycles. The highest BCUT2D eigenvalue weighted by atomic mass is 79.9. The highest BCUT2D eigenvalue weighted by molar-refractivity contribution is 9.09. The summed E-state index contributed by atoms with van der Waals surface area (Å²) < 4.78 is 5.41. The average Bonchev–Trinajstić information content (AvgIpc) is 2.86. The lowest BCUT2D eigenvalue weighted by molar-refractivity contribution is 0.410. The van der Waals surface area contributed by atoms with Gasteiger partial charge in [-0.2, -0.15) is 0 Å². The average molecular weight is 346 g/mol. The molecule has 0 saturated carbocycles. The Labute approximate surface area is 125 Å². The summed E-state index contributed by atoms with van der Waals surface area (Å²) in [6, 6.07) is 7.88. The van der Waals surface area contributed by atoms with E-state index in [4.69, 9.17) is 16.3 Å². The molecule has 0 aliphatic heterocycles. The summed E-state index contributed by atoms with van der Waals surface area (Å²) in [5.74, 6) is 0.858. The number of alkyl halides is 1. The maximum absolute atomic E-state index is 6.08. The minimum atomic E-state index is 0.126. The first kappa shape index (κ1) is 13.9. The van der Waals surface area contributed by atoms with E-state index in [1.807, 2.05) is 18.2 Å². The summed E-state index contributed by atoms with van der Waals surface area (Å²) in [6.07, 6.45) is 1.03. The Bertz CT molecular complexity index is 538. The zero-order chi connectivity index (χ0) is 13.1. The summed E-state index contributed by atoms with van der Waals surface area (Å²) in [4.78, 5) is 1.44. The zero-order valence-electron chi connectivity index (χ0n) is 10.2. The molecule has 1 heterocycles. The molecule has 18 heavy (non-hydrogen) atoms. The van der Waals surface area contributed by atoms with Crippen LogP contribution < -0.4 is 4.74 Å². The fourth-order valence-electron chi connectivity index (χ4n) is 1.91. The molecule has 1 unspecified atom stereocenters. The van der Waals surface area contributed by atoms with Crippen LogP contribution in [0.3, 0.4) is 0 Å². The smallest absolute Gasteiger partial charge is 0.123 e. The van der Waals surface area contributed by atoms with Crippen LogP contribution in [0.5, 0.6) is 5.75 Å². The van der Waals surface area contributed by atoms with Crippen molar-refractivity contribution >= 4 is 38.9 Å². The molecule has 96 valence electrons. The molecule has 2 rings (SSSR count). The van der Waals surface area contributed by atoms with Crippen molar-refractivity contribution in [2.45, 2.75) is 18.2 Å². The normalized spacial score (nSPS) is 12.4. The first-order valence-corrected chi connectivity index (χ1v) is 7.88. The Morgan fingerprint density at radius 2 is 2.17 bits per heavy atom. The molecule has 1 aromatic heterocycles. The molecule has 0 amide bonds. The van der Waals surface area contributed by atoms with Gasteiger partial charge in [0.2, 0.25) is 0 Å². The van der Waals surface area contributed by atoms with Gasteiger partial charge in [-0.3, -0.25) is 0 Å². The third-order valence-corrected chi connectivity index (χ3v) is 5.37. The Morgan fingerprint density at radius 3 is 2.83 bits per heavy atom. The van der Waals surface area contributed by atoms with E-state index in [2.05, 4.69) is 34.3 Å². The fraction of sp³-hybridized carbons (Fsp3) is 0.286. The first-order chi connectivity index (χ1) is 8.67. The van der Waals surface area contributed by atoms with Crippen molar-refractivity contribution in [3.63, 3.8) is 0 Å². The molecule has 0 radical (unpaired) electrons. The van der Waals surface area contributed by atoms with E-state index < -0.39 is 0 Å². The third kappa shape index (κ3) is 2.73.